The molecular weight excluding hydrogens is 340 g/mol. The van der Waals surface area contributed by atoms with E-state index >= 15 is 0 Å². The number of nitrogens with zero attached hydrogens (tertiary/aromatic N) is 2. The highest BCUT2D eigenvalue weighted by Crippen LogP contribution is 2.22. The number of rotatable bonds is 14. The average Bonchev–Trinajstić information content (AvgIpc) is 2.71. The number of aryl methyl sites for hydroxylation is 2. The molecule has 0 atom stereocenters. The summed E-state index contributed by atoms with van der Waals surface area (Å²) in [6.45, 7) is 6.89. The maximum atomic E-state index is 4.69. The van der Waals surface area contributed by atoms with Crippen molar-refractivity contribution in [3.63, 3.8) is 0 Å². The van der Waals surface area contributed by atoms with Gasteiger partial charge in [0, 0.05) is 18.0 Å². The molecular formula is C26H40N2. The van der Waals surface area contributed by atoms with Crippen molar-refractivity contribution in [1.82, 2.24) is 9.97 Å². The standard InChI is InChI=1S/C26H40N2/c1-4-5-6-7-12-17-24-18-13-14-19-25(24)26-27-20-23(21-28-26)16-11-9-8-10-15-22(2)3/h13-14,18-22H,4-12,15-17H2,1-3H3. The molecule has 0 bridgehead atoms. The Kier molecular flexibility index (Phi) is 10.9. The van der Waals surface area contributed by atoms with E-state index in [1.165, 1.54) is 80.9 Å². The minimum Gasteiger partial charge on any atom is -0.236 e. The normalized spacial score (nSPS) is 11.3. The summed E-state index contributed by atoms with van der Waals surface area (Å²) in [5, 5.41) is 0. The van der Waals surface area contributed by atoms with E-state index in [1.807, 2.05) is 12.4 Å². The molecule has 0 unspecified atom stereocenters. The molecule has 0 saturated carbocycles. The third-order valence-corrected chi connectivity index (χ3v) is 5.51. The second-order valence-electron chi connectivity index (χ2n) is 8.58. The van der Waals surface area contributed by atoms with Crippen LogP contribution in [0.25, 0.3) is 11.4 Å². The van der Waals surface area contributed by atoms with Gasteiger partial charge in [0.2, 0.25) is 0 Å². The van der Waals surface area contributed by atoms with Crippen molar-refractivity contribution < 1.29 is 0 Å². The van der Waals surface area contributed by atoms with Crippen molar-refractivity contribution >= 4 is 0 Å². The molecule has 1 aromatic heterocycles. The fourth-order valence-corrected chi connectivity index (χ4v) is 3.73. The highest BCUT2D eigenvalue weighted by molar-refractivity contribution is 5.59. The first-order valence-corrected chi connectivity index (χ1v) is 11.6. The van der Waals surface area contributed by atoms with Crippen molar-refractivity contribution in [2.24, 2.45) is 5.92 Å². The molecule has 0 spiro atoms. The molecule has 2 nitrogen and oxygen atoms in total. The van der Waals surface area contributed by atoms with Crippen LogP contribution in [0.1, 0.15) is 96.1 Å². The second-order valence-corrected chi connectivity index (χ2v) is 8.58. The number of benzene rings is 1. The van der Waals surface area contributed by atoms with Gasteiger partial charge in [-0.05, 0) is 42.7 Å². The summed E-state index contributed by atoms with van der Waals surface area (Å²) in [5.74, 6) is 1.71. The first-order valence-electron chi connectivity index (χ1n) is 11.6. The Balaban J connectivity index is 1.82. The predicted molar refractivity (Wildman–Crippen MR) is 122 cm³/mol. The third kappa shape index (κ3) is 8.54. The summed E-state index contributed by atoms with van der Waals surface area (Å²) < 4.78 is 0. The Morgan fingerprint density at radius 3 is 2.11 bits per heavy atom. The average molecular weight is 381 g/mol. The molecule has 2 rings (SSSR count). The van der Waals surface area contributed by atoms with Crippen LogP contribution in [0.4, 0.5) is 0 Å². The van der Waals surface area contributed by atoms with Gasteiger partial charge < -0.3 is 0 Å². The van der Waals surface area contributed by atoms with Crippen LogP contribution >= 0.6 is 0 Å². The summed E-state index contributed by atoms with van der Waals surface area (Å²) in [7, 11) is 0. The zero-order valence-corrected chi connectivity index (χ0v) is 18.4. The van der Waals surface area contributed by atoms with Crippen molar-refractivity contribution in [3.8, 4) is 11.4 Å². The SMILES string of the molecule is CCCCCCCc1ccccc1-c1ncc(CCCCCCC(C)C)cn1. The smallest absolute Gasteiger partial charge is 0.159 e. The van der Waals surface area contributed by atoms with E-state index in [1.54, 1.807) is 0 Å². The lowest BCUT2D eigenvalue weighted by Gasteiger charge is -2.09. The lowest BCUT2D eigenvalue weighted by atomic mass is 10.00. The molecule has 0 radical (unpaired) electrons. The van der Waals surface area contributed by atoms with Crippen LogP contribution in [0.3, 0.4) is 0 Å². The van der Waals surface area contributed by atoms with Gasteiger partial charge in [0.05, 0.1) is 0 Å². The number of hydrogen-bond acceptors (Lipinski definition) is 2. The van der Waals surface area contributed by atoms with E-state index in [0.29, 0.717) is 0 Å². The molecule has 0 aliphatic carbocycles. The predicted octanol–water partition coefficient (Wildman–Crippen LogP) is 7.81. The van der Waals surface area contributed by atoms with Gasteiger partial charge in [0.15, 0.2) is 5.82 Å². The topological polar surface area (TPSA) is 25.8 Å². The van der Waals surface area contributed by atoms with Gasteiger partial charge in [0.25, 0.3) is 0 Å². The van der Waals surface area contributed by atoms with Gasteiger partial charge in [-0.15, -0.1) is 0 Å². The van der Waals surface area contributed by atoms with E-state index in [2.05, 4.69) is 45.0 Å². The first-order chi connectivity index (χ1) is 13.7. The zero-order valence-electron chi connectivity index (χ0n) is 18.4. The van der Waals surface area contributed by atoms with Gasteiger partial charge in [-0.25, -0.2) is 9.97 Å². The lowest BCUT2D eigenvalue weighted by molar-refractivity contribution is 0.520. The van der Waals surface area contributed by atoms with Gasteiger partial charge >= 0.3 is 0 Å². The lowest BCUT2D eigenvalue weighted by Crippen LogP contribution is -1.97. The van der Waals surface area contributed by atoms with Crippen molar-refractivity contribution in [3.05, 3.63) is 47.8 Å². The Morgan fingerprint density at radius 1 is 0.750 bits per heavy atom. The molecule has 0 saturated heterocycles. The zero-order chi connectivity index (χ0) is 20.0. The third-order valence-electron chi connectivity index (χ3n) is 5.51. The van der Waals surface area contributed by atoms with E-state index in [9.17, 15) is 0 Å². The first kappa shape index (κ1) is 22.6. The maximum absolute atomic E-state index is 4.69. The molecule has 0 amide bonds. The summed E-state index contributed by atoms with van der Waals surface area (Å²) in [6, 6.07) is 8.65. The van der Waals surface area contributed by atoms with E-state index in [0.717, 1.165) is 24.6 Å². The summed E-state index contributed by atoms with van der Waals surface area (Å²) in [6.07, 6.45) is 19.5. The van der Waals surface area contributed by atoms with Crippen LogP contribution in [-0.4, -0.2) is 9.97 Å². The molecule has 1 heterocycles. The van der Waals surface area contributed by atoms with Crippen molar-refractivity contribution in [2.45, 2.75) is 97.8 Å². The monoisotopic (exact) mass is 380 g/mol. The molecule has 2 heteroatoms. The fourth-order valence-electron chi connectivity index (χ4n) is 3.73. The van der Waals surface area contributed by atoms with Crippen LogP contribution in [0.2, 0.25) is 0 Å². The van der Waals surface area contributed by atoms with E-state index in [-0.39, 0.29) is 0 Å². The quantitative estimate of drug-likeness (QED) is 0.312. The maximum Gasteiger partial charge on any atom is 0.159 e. The summed E-state index contributed by atoms with van der Waals surface area (Å²) >= 11 is 0. The highest BCUT2D eigenvalue weighted by atomic mass is 14.9. The molecule has 28 heavy (non-hydrogen) atoms. The van der Waals surface area contributed by atoms with Crippen LogP contribution in [0.5, 0.6) is 0 Å². The molecule has 0 aliphatic rings. The Hall–Kier alpha value is -1.70. The fraction of sp³-hybridized carbons (Fsp3) is 0.615. The summed E-state index contributed by atoms with van der Waals surface area (Å²) in [4.78, 5) is 9.39. The molecule has 0 fully saturated rings. The molecule has 154 valence electrons. The number of unbranched alkanes of at least 4 members (excludes halogenated alkanes) is 7. The molecule has 2 aromatic rings. The van der Waals surface area contributed by atoms with Gasteiger partial charge in [0.1, 0.15) is 0 Å². The number of aromatic nitrogens is 2. The summed E-state index contributed by atoms with van der Waals surface area (Å²) in [5.41, 5.74) is 3.86. The van der Waals surface area contributed by atoms with Crippen LogP contribution in [0.15, 0.2) is 36.7 Å². The molecule has 0 N–H and O–H groups in total. The van der Waals surface area contributed by atoms with Gasteiger partial charge in [-0.3, -0.25) is 0 Å². The molecule has 1 aromatic carbocycles. The number of hydrogen-bond donors (Lipinski definition) is 0. The molecule has 0 aliphatic heterocycles. The van der Waals surface area contributed by atoms with E-state index in [4.69, 9.17) is 9.97 Å². The Morgan fingerprint density at radius 2 is 1.39 bits per heavy atom. The minimum absolute atomic E-state index is 0.833. The van der Waals surface area contributed by atoms with Crippen LogP contribution in [-0.2, 0) is 12.8 Å². The largest absolute Gasteiger partial charge is 0.236 e. The van der Waals surface area contributed by atoms with Gasteiger partial charge in [-0.2, -0.15) is 0 Å². The minimum atomic E-state index is 0.833. The Bertz CT molecular complexity index is 646. The van der Waals surface area contributed by atoms with Gasteiger partial charge in [-0.1, -0.05) is 96.4 Å². The van der Waals surface area contributed by atoms with Crippen LogP contribution in [0, 0.1) is 5.92 Å². The second kappa shape index (κ2) is 13.5. The van der Waals surface area contributed by atoms with Crippen molar-refractivity contribution in [2.75, 3.05) is 0 Å². The highest BCUT2D eigenvalue weighted by Gasteiger charge is 2.07. The van der Waals surface area contributed by atoms with Crippen LogP contribution < -0.4 is 0 Å². The van der Waals surface area contributed by atoms with Crippen molar-refractivity contribution in [1.29, 1.82) is 0 Å². The Labute approximate surface area is 173 Å². The van der Waals surface area contributed by atoms with E-state index < -0.39 is 0 Å².